The van der Waals surface area contributed by atoms with Gasteiger partial charge in [-0.05, 0) is 0 Å². The van der Waals surface area contributed by atoms with E-state index in [1.165, 1.54) is 121 Å². The van der Waals surface area contributed by atoms with Crippen LogP contribution < -0.4 is 0 Å². The van der Waals surface area contributed by atoms with Crippen LogP contribution in [0.1, 0.15) is 96.8 Å². The zero-order valence-electron chi connectivity index (χ0n) is 13.8. The molecule has 0 aromatic rings. The number of rotatable bonds is 15. The van der Waals surface area contributed by atoms with Gasteiger partial charge < -0.3 is 0 Å². The molecular formula is C18H35Na. The minimum atomic E-state index is 1.31. The van der Waals surface area contributed by atoms with E-state index in [0.717, 1.165) is 0 Å². The van der Waals surface area contributed by atoms with Gasteiger partial charge in [0.15, 0.2) is 0 Å². The number of unbranched alkanes of at least 4 members (excludes halogenated alkanes) is 12. The second kappa shape index (κ2) is 18.7. The predicted octanol–water partition coefficient (Wildman–Crippen LogP) is 6.61. The third kappa shape index (κ3) is 18.7. The molecule has 0 heterocycles. The summed E-state index contributed by atoms with van der Waals surface area (Å²) in [6.45, 7) is 2.29. The molecule has 0 fully saturated rings. The van der Waals surface area contributed by atoms with Gasteiger partial charge in [0, 0.05) is 0 Å². The Morgan fingerprint density at radius 3 is 1.47 bits per heavy atom. The summed E-state index contributed by atoms with van der Waals surface area (Å²) in [5.74, 6) is 0. The summed E-state index contributed by atoms with van der Waals surface area (Å²) in [4.78, 5) is 0. The van der Waals surface area contributed by atoms with E-state index in [4.69, 9.17) is 0 Å². The van der Waals surface area contributed by atoms with Gasteiger partial charge in [0.05, 0.1) is 0 Å². The molecule has 0 aromatic carbocycles. The van der Waals surface area contributed by atoms with Gasteiger partial charge in [0.25, 0.3) is 0 Å². The number of hydrogen-bond acceptors (Lipinski definition) is 0. The first-order chi connectivity index (χ1) is 9.41. The summed E-state index contributed by atoms with van der Waals surface area (Å²) in [7, 11) is 0. The van der Waals surface area contributed by atoms with Crippen molar-refractivity contribution in [2.45, 2.75) is 100 Å². The molecule has 0 aliphatic rings. The Morgan fingerprint density at radius 2 is 1.00 bits per heavy atom. The number of allylic oxidation sites excluding steroid dienone is 2. The van der Waals surface area contributed by atoms with E-state index in [1.807, 2.05) is 0 Å². The molecule has 0 unspecified atom stereocenters. The summed E-state index contributed by atoms with van der Waals surface area (Å²) in [5, 5.41) is 0. The van der Waals surface area contributed by atoms with Gasteiger partial charge in [0.1, 0.15) is 0 Å². The zero-order valence-corrected chi connectivity index (χ0v) is 15.8. The van der Waals surface area contributed by atoms with Crippen molar-refractivity contribution in [1.82, 2.24) is 0 Å². The summed E-state index contributed by atoms with van der Waals surface area (Å²) >= 11 is 1.40. The molecule has 0 spiro atoms. The standard InChI is InChI=1S/C18H35.Na/c1-3-5-7-9-11-13-15-17-18-16-14-12-10-8-6-4-2;/h17-18H,1,3-16H2,2H3;. The van der Waals surface area contributed by atoms with E-state index in [0.29, 0.717) is 0 Å². The van der Waals surface area contributed by atoms with Gasteiger partial charge in [-0.2, -0.15) is 0 Å². The maximum absolute atomic E-state index is 2.42. The Bertz CT molecular complexity index is 175. The quantitative estimate of drug-likeness (QED) is 0.179. The average molecular weight is 274 g/mol. The minimum absolute atomic E-state index is 1.31. The molecule has 0 radical (unpaired) electrons. The SMILES string of the molecule is CCCCCCCCC=CCCCCCCC[CH2][Na]. The van der Waals surface area contributed by atoms with Crippen molar-refractivity contribution in [3.8, 4) is 0 Å². The monoisotopic (exact) mass is 274 g/mol. The van der Waals surface area contributed by atoms with Crippen LogP contribution in [-0.2, 0) is 0 Å². The van der Waals surface area contributed by atoms with E-state index in [2.05, 4.69) is 19.1 Å². The van der Waals surface area contributed by atoms with Gasteiger partial charge in [-0.15, -0.1) is 0 Å². The normalized spacial score (nSPS) is 11.5. The molecule has 0 aromatic heterocycles. The van der Waals surface area contributed by atoms with Crippen LogP contribution in [0.15, 0.2) is 12.2 Å². The van der Waals surface area contributed by atoms with E-state index in [9.17, 15) is 0 Å². The van der Waals surface area contributed by atoms with Crippen molar-refractivity contribution in [2.24, 2.45) is 0 Å². The van der Waals surface area contributed by atoms with Crippen molar-refractivity contribution in [3.05, 3.63) is 12.2 Å². The Kier molecular flexibility index (Phi) is 19.5. The molecule has 0 aliphatic heterocycles. The maximum atomic E-state index is 2.42. The summed E-state index contributed by atoms with van der Waals surface area (Å²) in [6.07, 6.45) is 24.8. The molecular weight excluding hydrogens is 239 g/mol. The van der Waals surface area contributed by atoms with E-state index in [1.54, 1.807) is 0 Å². The number of hydrogen-bond donors (Lipinski definition) is 0. The molecule has 0 atom stereocenters. The molecule has 0 saturated carbocycles. The van der Waals surface area contributed by atoms with E-state index in [-0.39, 0.29) is 0 Å². The Balaban J connectivity index is 3.01. The van der Waals surface area contributed by atoms with Crippen LogP contribution in [0, 0.1) is 0 Å². The van der Waals surface area contributed by atoms with Crippen LogP contribution in [0.5, 0.6) is 0 Å². The van der Waals surface area contributed by atoms with Crippen molar-refractivity contribution < 1.29 is 0 Å². The molecule has 0 nitrogen and oxygen atoms in total. The van der Waals surface area contributed by atoms with Gasteiger partial charge in [-0.1, -0.05) is 39.0 Å². The molecule has 1 heteroatoms. The fourth-order valence-electron chi connectivity index (χ4n) is 2.50. The second-order valence-electron chi connectivity index (χ2n) is 5.94. The van der Waals surface area contributed by atoms with Crippen LogP contribution in [0.3, 0.4) is 0 Å². The Morgan fingerprint density at radius 1 is 0.579 bits per heavy atom. The van der Waals surface area contributed by atoms with Gasteiger partial charge in [0.2, 0.25) is 0 Å². The molecule has 0 N–H and O–H groups in total. The zero-order chi connectivity index (χ0) is 14.0. The van der Waals surface area contributed by atoms with Crippen molar-refractivity contribution in [1.29, 1.82) is 0 Å². The van der Waals surface area contributed by atoms with Crippen LogP contribution in [0.25, 0.3) is 0 Å². The second-order valence-corrected chi connectivity index (χ2v) is 6.94. The summed E-state index contributed by atoms with van der Waals surface area (Å²) in [5.41, 5.74) is 0. The average Bonchev–Trinajstić information content (AvgIpc) is 2.43. The van der Waals surface area contributed by atoms with Crippen molar-refractivity contribution in [3.63, 3.8) is 0 Å². The third-order valence-corrected chi connectivity index (χ3v) is 4.57. The first-order valence-corrected chi connectivity index (χ1v) is 10.5. The van der Waals surface area contributed by atoms with Crippen LogP contribution in [-0.4, -0.2) is 27.9 Å². The Labute approximate surface area is 140 Å². The molecule has 108 valence electrons. The van der Waals surface area contributed by atoms with Crippen LogP contribution in [0.4, 0.5) is 0 Å². The molecule has 0 aliphatic carbocycles. The first kappa shape index (κ1) is 19.7. The molecule has 0 bridgehead atoms. The van der Waals surface area contributed by atoms with Crippen molar-refractivity contribution in [2.75, 3.05) is 0 Å². The summed E-state index contributed by atoms with van der Waals surface area (Å²) < 4.78 is 1.50. The van der Waals surface area contributed by atoms with Crippen LogP contribution in [0.2, 0.25) is 3.67 Å². The summed E-state index contributed by atoms with van der Waals surface area (Å²) in [6, 6.07) is 0. The molecule has 0 saturated heterocycles. The van der Waals surface area contributed by atoms with Crippen molar-refractivity contribution >= 4 is 27.9 Å². The van der Waals surface area contributed by atoms with Gasteiger partial charge in [-0.25, -0.2) is 0 Å². The van der Waals surface area contributed by atoms with Crippen LogP contribution >= 0.6 is 0 Å². The predicted molar refractivity (Wildman–Crippen MR) is 90.0 cm³/mol. The van der Waals surface area contributed by atoms with Gasteiger partial charge >= 0.3 is 102 Å². The molecule has 0 amide bonds. The molecule has 0 rings (SSSR count). The first-order valence-electron chi connectivity index (χ1n) is 9.06. The fraction of sp³-hybridized carbons (Fsp3) is 0.889. The topological polar surface area (TPSA) is 0 Å². The fourth-order valence-corrected chi connectivity index (χ4v) is 3.00. The Hall–Kier alpha value is 0.740. The molecule has 19 heavy (non-hydrogen) atoms. The van der Waals surface area contributed by atoms with Gasteiger partial charge in [-0.3, -0.25) is 0 Å². The third-order valence-electron chi connectivity index (χ3n) is 3.87. The van der Waals surface area contributed by atoms with E-state index >= 15 is 0 Å². The van der Waals surface area contributed by atoms with E-state index < -0.39 is 0 Å².